The van der Waals surface area contributed by atoms with Gasteiger partial charge in [-0.1, -0.05) is 6.92 Å². The van der Waals surface area contributed by atoms with Crippen molar-refractivity contribution >= 4 is 5.90 Å². The van der Waals surface area contributed by atoms with E-state index in [0.29, 0.717) is 22.8 Å². The predicted octanol–water partition coefficient (Wildman–Crippen LogP) is 2.69. The molecule has 4 atom stereocenters. The summed E-state index contributed by atoms with van der Waals surface area (Å²) >= 11 is 0. The van der Waals surface area contributed by atoms with E-state index in [2.05, 4.69) is 0 Å². The monoisotopic (exact) mass is 396 g/mol. The van der Waals surface area contributed by atoms with Gasteiger partial charge < -0.3 is 23.7 Å². The Bertz CT molecular complexity index is 965. The maximum atomic E-state index is 10.1. The van der Waals surface area contributed by atoms with E-state index in [1.807, 2.05) is 18.2 Å². The van der Waals surface area contributed by atoms with Crippen LogP contribution in [0.4, 0.5) is 0 Å². The number of nitriles is 3. The molecule has 0 aliphatic carbocycles. The minimum Gasteiger partial charge on any atom is -0.493 e. The zero-order valence-corrected chi connectivity index (χ0v) is 16.7. The molecule has 4 unspecified atom stereocenters. The lowest BCUT2D eigenvalue weighted by Crippen LogP contribution is -2.57. The lowest BCUT2D eigenvalue weighted by molar-refractivity contribution is -0.268. The van der Waals surface area contributed by atoms with Crippen molar-refractivity contribution in [1.29, 1.82) is 21.2 Å². The second kappa shape index (κ2) is 6.55. The first-order valence-corrected chi connectivity index (χ1v) is 8.74. The Hall–Kier alpha value is -3.48. The van der Waals surface area contributed by atoms with Crippen LogP contribution in [0.25, 0.3) is 0 Å². The fourth-order valence-corrected chi connectivity index (χ4v) is 4.26. The van der Waals surface area contributed by atoms with E-state index in [0.717, 1.165) is 0 Å². The van der Waals surface area contributed by atoms with Crippen LogP contribution in [-0.4, -0.2) is 33.0 Å². The summed E-state index contributed by atoms with van der Waals surface area (Å²) in [5.74, 6) is -1.62. The van der Waals surface area contributed by atoms with E-state index in [1.54, 1.807) is 26.0 Å². The molecule has 1 aromatic rings. The molecule has 2 saturated heterocycles. The number of hydrogen-bond acceptors (Lipinski definition) is 9. The molecule has 2 bridgehead atoms. The summed E-state index contributed by atoms with van der Waals surface area (Å²) in [4.78, 5) is 0. The number of nitrogens with one attached hydrogen (secondary N) is 1. The average molecular weight is 396 g/mol. The zero-order chi connectivity index (χ0) is 21.6. The van der Waals surface area contributed by atoms with E-state index in [4.69, 9.17) is 29.1 Å². The first-order valence-electron chi connectivity index (χ1n) is 8.74. The lowest BCUT2D eigenvalue weighted by Gasteiger charge is -2.47. The summed E-state index contributed by atoms with van der Waals surface area (Å²) in [5, 5.41) is 38.6. The minimum atomic E-state index is -2.04. The molecular formula is C20H20N4O5. The zero-order valence-electron chi connectivity index (χ0n) is 16.7. The Morgan fingerprint density at radius 2 is 1.55 bits per heavy atom. The van der Waals surface area contributed by atoms with Gasteiger partial charge in [0.1, 0.15) is 6.10 Å². The van der Waals surface area contributed by atoms with Gasteiger partial charge in [-0.05, 0) is 17.7 Å². The van der Waals surface area contributed by atoms with Crippen molar-refractivity contribution < 1.29 is 23.7 Å². The SMILES string of the molecule is COc1cc(C2OC3(C)OC(=N)C(C#N)(C3C)C2(C#N)C#N)cc(OC)c1OC. The van der Waals surface area contributed by atoms with Gasteiger partial charge in [-0.2, -0.15) is 15.8 Å². The molecular weight excluding hydrogens is 376 g/mol. The number of methoxy groups -OCH3 is 3. The van der Waals surface area contributed by atoms with Crippen LogP contribution in [0.5, 0.6) is 17.2 Å². The van der Waals surface area contributed by atoms with E-state index in [1.165, 1.54) is 21.3 Å². The molecule has 0 saturated carbocycles. The smallest absolute Gasteiger partial charge is 0.214 e. The van der Waals surface area contributed by atoms with Crippen molar-refractivity contribution in [2.75, 3.05) is 21.3 Å². The van der Waals surface area contributed by atoms with Crippen molar-refractivity contribution in [1.82, 2.24) is 0 Å². The minimum absolute atomic E-state index is 0.299. The predicted molar refractivity (Wildman–Crippen MR) is 98.0 cm³/mol. The summed E-state index contributed by atoms with van der Waals surface area (Å²) in [7, 11) is 4.33. The van der Waals surface area contributed by atoms with E-state index in [9.17, 15) is 15.8 Å². The highest BCUT2D eigenvalue weighted by atomic mass is 16.7. The van der Waals surface area contributed by atoms with Crippen LogP contribution in [-0.2, 0) is 9.47 Å². The Morgan fingerprint density at radius 3 is 1.97 bits per heavy atom. The number of nitrogens with zero attached hydrogens (tertiary/aromatic N) is 3. The van der Waals surface area contributed by atoms with Gasteiger partial charge >= 0.3 is 0 Å². The van der Waals surface area contributed by atoms with E-state index >= 15 is 0 Å². The first-order chi connectivity index (χ1) is 13.7. The van der Waals surface area contributed by atoms with Crippen molar-refractivity contribution in [3.05, 3.63) is 17.7 Å². The molecule has 2 aliphatic rings. The van der Waals surface area contributed by atoms with Crippen LogP contribution in [0.2, 0.25) is 0 Å². The third-order valence-corrected chi connectivity index (χ3v) is 5.98. The van der Waals surface area contributed by atoms with Crippen molar-refractivity contribution in [3.63, 3.8) is 0 Å². The average Bonchev–Trinajstić information content (AvgIpc) is 2.87. The second-order valence-corrected chi connectivity index (χ2v) is 7.08. The van der Waals surface area contributed by atoms with Crippen LogP contribution >= 0.6 is 0 Å². The van der Waals surface area contributed by atoms with Gasteiger partial charge in [0, 0.05) is 6.92 Å². The number of ether oxygens (including phenoxy) is 5. The third kappa shape index (κ3) is 2.24. The molecule has 2 heterocycles. The fourth-order valence-electron chi connectivity index (χ4n) is 4.26. The van der Waals surface area contributed by atoms with Gasteiger partial charge in [-0.25, -0.2) is 0 Å². The maximum absolute atomic E-state index is 10.1. The Balaban J connectivity index is 2.34. The number of benzene rings is 1. The molecule has 2 aliphatic heterocycles. The van der Waals surface area contributed by atoms with Gasteiger partial charge in [0.15, 0.2) is 16.9 Å². The summed E-state index contributed by atoms with van der Waals surface area (Å²) in [6, 6.07) is 9.11. The van der Waals surface area contributed by atoms with Gasteiger partial charge in [-0.15, -0.1) is 0 Å². The van der Waals surface area contributed by atoms with Crippen molar-refractivity contribution in [2.45, 2.75) is 25.7 Å². The lowest BCUT2D eigenvalue weighted by atomic mass is 9.54. The summed E-state index contributed by atoms with van der Waals surface area (Å²) in [6.07, 6.45) is -1.21. The molecule has 0 amide bonds. The largest absolute Gasteiger partial charge is 0.493 e. The van der Waals surface area contributed by atoms with Crippen molar-refractivity contribution in [3.8, 4) is 35.5 Å². The molecule has 1 aromatic carbocycles. The number of hydrogen-bond donors (Lipinski definition) is 1. The maximum Gasteiger partial charge on any atom is 0.214 e. The standard InChI is InChI=1S/C20H20N4O5/c1-11-18(2)28-16(12-6-13(25-3)15(27-5)14(7-12)26-4)19(8-21,9-22)20(11,10-23)17(24)29-18/h6-7,11,16,24H,1-5H3. The molecule has 0 aromatic heterocycles. The van der Waals surface area contributed by atoms with Gasteiger partial charge in [-0.3, -0.25) is 5.41 Å². The Morgan fingerprint density at radius 1 is 1.00 bits per heavy atom. The van der Waals surface area contributed by atoms with Crippen LogP contribution < -0.4 is 14.2 Å². The van der Waals surface area contributed by atoms with E-state index < -0.39 is 34.5 Å². The third-order valence-electron chi connectivity index (χ3n) is 5.98. The van der Waals surface area contributed by atoms with Crippen LogP contribution in [0.15, 0.2) is 12.1 Å². The molecule has 9 heteroatoms. The molecule has 29 heavy (non-hydrogen) atoms. The Kier molecular flexibility index (Phi) is 4.57. The Labute approximate surface area is 168 Å². The molecule has 0 spiro atoms. The topological polar surface area (TPSA) is 141 Å². The highest BCUT2D eigenvalue weighted by Gasteiger charge is 2.78. The summed E-state index contributed by atoms with van der Waals surface area (Å²) in [5.41, 5.74) is -3.49. The second-order valence-electron chi connectivity index (χ2n) is 7.08. The molecule has 2 fully saturated rings. The molecule has 150 valence electrons. The van der Waals surface area contributed by atoms with E-state index in [-0.39, 0.29) is 0 Å². The van der Waals surface area contributed by atoms with Crippen LogP contribution in [0, 0.1) is 56.2 Å². The normalized spacial score (nSPS) is 31.6. The first kappa shape index (κ1) is 20.3. The highest BCUT2D eigenvalue weighted by molar-refractivity contribution is 5.89. The van der Waals surface area contributed by atoms with Gasteiger partial charge in [0.2, 0.25) is 22.8 Å². The fraction of sp³-hybridized carbons (Fsp3) is 0.500. The van der Waals surface area contributed by atoms with Gasteiger partial charge in [0.05, 0.1) is 45.5 Å². The van der Waals surface area contributed by atoms with Crippen LogP contribution in [0.3, 0.4) is 0 Å². The highest BCUT2D eigenvalue weighted by Crippen LogP contribution is 2.66. The number of fused-ring (bicyclic) bond motifs is 2. The van der Waals surface area contributed by atoms with Gasteiger partial charge in [0.25, 0.3) is 0 Å². The molecule has 1 N–H and O–H groups in total. The number of rotatable bonds is 4. The molecule has 9 nitrogen and oxygen atoms in total. The summed E-state index contributed by atoms with van der Waals surface area (Å²) < 4.78 is 27.8. The molecule has 3 rings (SSSR count). The summed E-state index contributed by atoms with van der Waals surface area (Å²) in [6.45, 7) is 3.23. The van der Waals surface area contributed by atoms with Crippen LogP contribution in [0.1, 0.15) is 25.5 Å². The molecule has 0 radical (unpaired) electrons. The van der Waals surface area contributed by atoms with Crippen molar-refractivity contribution in [2.24, 2.45) is 16.7 Å². The quantitative estimate of drug-likeness (QED) is 0.818.